The number of ketones is 2. The van der Waals surface area contributed by atoms with E-state index in [1.165, 1.54) is 0 Å². The Hall–Kier alpha value is -2.49. The van der Waals surface area contributed by atoms with Crippen LogP contribution in [0, 0.1) is 0 Å². The maximum atomic E-state index is 12.1. The van der Waals surface area contributed by atoms with Gasteiger partial charge >= 0.3 is 103 Å². The molecule has 2 rings (SSSR count). The van der Waals surface area contributed by atoms with Crippen LogP contribution in [0.1, 0.15) is 24.0 Å². The molecule has 0 fully saturated rings. The van der Waals surface area contributed by atoms with Crippen molar-refractivity contribution in [2.75, 3.05) is 49.2 Å². The normalized spacial score (nSPS) is 12.1. The van der Waals surface area contributed by atoms with Crippen LogP contribution in [0.3, 0.4) is 0 Å². The zero-order valence-corrected chi connectivity index (χ0v) is 44.8. The van der Waals surface area contributed by atoms with E-state index in [2.05, 4.69) is 21.3 Å². The largest absolute Gasteiger partial charge is 1.00 e. The number of carbonyl (C=O) groups is 8. The van der Waals surface area contributed by atoms with Crippen LogP contribution < -0.4 is 135 Å². The minimum absolute atomic E-state index is 0. The Balaban J connectivity index is 0. The minimum Gasteiger partial charge on any atom is -0.748 e. The minimum atomic E-state index is -4.95. The number of amides is 6. The molecule has 0 aliphatic heterocycles. The van der Waals surface area contributed by atoms with Crippen molar-refractivity contribution in [3.05, 3.63) is 71.8 Å². The molecule has 0 spiro atoms. The van der Waals surface area contributed by atoms with E-state index in [0.29, 0.717) is 11.1 Å². The Morgan fingerprint density at radius 1 is 0.485 bits per heavy atom. The molecule has 8 N–H and O–H groups in total. The van der Waals surface area contributed by atoms with Crippen LogP contribution in [0.25, 0.3) is 0 Å². The molecule has 26 nitrogen and oxygen atoms in total. The van der Waals surface area contributed by atoms with Crippen molar-refractivity contribution in [2.24, 2.45) is 0 Å². The van der Waals surface area contributed by atoms with E-state index >= 15 is 0 Å². The van der Waals surface area contributed by atoms with Gasteiger partial charge < -0.3 is 41.0 Å². The van der Waals surface area contributed by atoms with E-state index in [-0.39, 0.29) is 142 Å². The van der Waals surface area contributed by atoms with E-state index in [9.17, 15) is 81.1 Å². The van der Waals surface area contributed by atoms with Gasteiger partial charge in [-0.15, -0.1) is 0 Å². The van der Waals surface area contributed by atoms with Crippen molar-refractivity contribution >= 4 is 87.5 Å². The summed E-state index contributed by atoms with van der Waals surface area (Å²) in [6.07, 6.45) is -1.81. The average molecular weight is 1060 g/mol. The van der Waals surface area contributed by atoms with Crippen LogP contribution in [-0.4, -0.2) is 160 Å². The molecule has 0 heterocycles. The summed E-state index contributed by atoms with van der Waals surface area (Å²) in [7, 11) is -18.8. The first-order valence-electron chi connectivity index (χ1n) is 18.1. The Labute approximate surface area is 464 Å². The summed E-state index contributed by atoms with van der Waals surface area (Å²) in [4.78, 5) is 94.8. The van der Waals surface area contributed by atoms with Crippen LogP contribution in [0.2, 0.25) is 0 Å². The monoisotopic (exact) mass is 1060 g/mol. The summed E-state index contributed by atoms with van der Waals surface area (Å²) in [5.74, 6) is -12.2. The summed E-state index contributed by atoms with van der Waals surface area (Å²) in [6.45, 7) is -0.948. The van der Waals surface area contributed by atoms with Gasteiger partial charge in [0.15, 0.2) is 0 Å². The summed E-state index contributed by atoms with van der Waals surface area (Å²) in [6, 6.07) is 13.3. The van der Waals surface area contributed by atoms with Gasteiger partial charge in [-0.2, -0.15) is 16.8 Å². The number of nitrogens with one attached hydrogen (secondary N) is 6. The molecule has 0 aliphatic carbocycles. The van der Waals surface area contributed by atoms with Crippen molar-refractivity contribution < 1.29 is 193 Å². The van der Waals surface area contributed by atoms with E-state index in [4.69, 9.17) is 9.11 Å². The Morgan fingerprint density at radius 2 is 0.773 bits per heavy atom. The first-order chi connectivity index (χ1) is 29.5. The van der Waals surface area contributed by atoms with Crippen molar-refractivity contribution in [1.82, 2.24) is 31.9 Å². The fourth-order valence-corrected chi connectivity index (χ4v) is 6.81. The molecule has 6 amide bonds. The topological polar surface area (TPSA) is 432 Å². The third-order valence-electron chi connectivity index (χ3n) is 7.56. The molecule has 0 saturated heterocycles. The van der Waals surface area contributed by atoms with Gasteiger partial charge in [0.1, 0.15) is 12.1 Å². The molecule has 0 saturated carbocycles. The van der Waals surface area contributed by atoms with Gasteiger partial charge in [0, 0.05) is 51.9 Å². The summed E-state index contributed by atoms with van der Waals surface area (Å²) >= 11 is 0. The predicted molar refractivity (Wildman–Crippen MR) is 217 cm³/mol. The molecule has 356 valence electrons. The molecule has 32 heteroatoms. The van der Waals surface area contributed by atoms with Crippen molar-refractivity contribution in [3.63, 3.8) is 0 Å². The van der Waals surface area contributed by atoms with Gasteiger partial charge in [-0.1, -0.05) is 60.7 Å². The van der Waals surface area contributed by atoms with Crippen molar-refractivity contribution in [1.29, 1.82) is 0 Å². The van der Waals surface area contributed by atoms with Crippen LogP contribution in [0.15, 0.2) is 60.7 Å². The SMILES string of the molecule is O=C(CCS(=O)(=O)O)NC(CS(=O)(=O)[O-])C(=O)NCCNC(=O)C(=O)Cc1ccccc1.O=C(CCS(=O)(=O)O)NC(CS(=O)(=O)[O-])C(=O)NCCNC(=O)C(=O)Cc1ccccc1.[K+].[K+]. The zero-order valence-electron chi connectivity index (χ0n) is 35.3. The molecule has 66 heavy (non-hydrogen) atoms. The second-order valence-electron chi connectivity index (χ2n) is 13.0. The number of benzene rings is 2. The predicted octanol–water partition coefficient (Wildman–Crippen LogP) is -11.3. The maximum Gasteiger partial charge on any atom is 1.00 e. The fourth-order valence-electron chi connectivity index (χ4n) is 4.64. The third kappa shape index (κ3) is 33.9. The molecule has 2 aromatic rings. The number of carbonyl (C=O) groups excluding carboxylic acids is 8. The summed E-state index contributed by atoms with van der Waals surface area (Å²) < 4.78 is 126. The van der Waals surface area contributed by atoms with Gasteiger partial charge in [-0.25, -0.2) is 16.8 Å². The molecule has 2 atom stereocenters. The Kier molecular flexibility index (Phi) is 32.1. The quantitative estimate of drug-likeness (QED) is 0.0188. The summed E-state index contributed by atoms with van der Waals surface area (Å²) in [5, 5.41) is 12.7. The number of hydrogen-bond acceptors (Lipinski definition) is 18. The molecule has 0 radical (unpaired) electrons. The maximum absolute atomic E-state index is 12.1. The van der Waals surface area contributed by atoms with E-state index in [1.807, 2.05) is 10.6 Å². The van der Waals surface area contributed by atoms with Crippen LogP contribution >= 0.6 is 0 Å². The van der Waals surface area contributed by atoms with Crippen molar-refractivity contribution in [2.45, 2.75) is 37.8 Å². The molecule has 0 aliphatic rings. The van der Waals surface area contributed by atoms with Crippen LogP contribution in [0.4, 0.5) is 0 Å². The standard InChI is InChI=1S/2C17H23N3O10S2.2K/c2*21-14(10-12-4-2-1-3-5-12)17(24)19-8-7-18-16(23)13(11-32(28,29)30)20-15(22)6-9-31(25,26)27;;/h2*1-5,13H,6-11H2,(H,18,23)(H,19,24)(H,20,22)(H,25,26,27)(H,28,29,30);;/q;;2*+1/p-2. The van der Waals surface area contributed by atoms with Crippen molar-refractivity contribution in [3.8, 4) is 0 Å². The third-order valence-corrected chi connectivity index (χ3v) is 10.5. The van der Waals surface area contributed by atoms with Gasteiger partial charge in [0.2, 0.25) is 35.2 Å². The first-order valence-corrected chi connectivity index (χ1v) is 24.5. The molecule has 2 aromatic carbocycles. The van der Waals surface area contributed by atoms with Gasteiger partial charge in [0.25, 0.3) is 32.1 Å². The zero-order chi connectivity index (χ0) is 48.7. The Morgan fingerprint density at radius 3 is 1.05 bits per heavy atom. The molecule has 0 bridgehead atoms. The average Bonchev–Trinajstić information content (AvgIpc) is 3.18. The molecule has 2 unspecified atom stereocenters. The number of hydrogen-bond donors (Lipinski definition) is 8. The van der Waals surface area contributed by atoms with E-state index in [0.717, 1.165) is 0 Å². The number of Topliss-reactive ketones (excluding diaryl/α,β-unsaturated/α-hetero) is 2. The smallest absolute Gasteiger partial charge is 0.748 e. The van der Waals surface area contributed by atoms with Crippen LogP contribution in [0.5, 0.6) is 0 Å². The molecule has 0 aromatic heterocycles. The van der Waals surface area contributed by atoms with E-state index in [1.54, 1.807) is 60.7 Å². The van der Waals surface area contributed by atoms with Crippen LogP contribution in [-0.2, 0) is 91.7 Å². The van der Waals surface area contributed by atoms with Gasteiger partial charge in [0.05, 0.1) is 43.2 Å². The fraction of sp³-hybridized carbons (Fsp3) is 0.412. The molecular weight excluding hydrogens is 1020 g/mol. The van der Waals surface area contributed by atoms with Gasteiger partial charge in [-0.3, -0.25) is 47.5 Å². The molecular formula is C34H44K2N6O20S4. The summed E-state index contributed by atoms with van der Waals surface area (Å²) in [5.41, 5.74) is 1.26. The second-order valence-corrected chi connectivity index (χ2v) is 19.1. The Bertz CT molecular complexity index is 2260. The first kappa shape index (κ1) is 65.6. The number of rotatable bonds is 26. The van der Waals surface area contributed by atoms with E-state index < -0.39 is 135 Å². The van der Waals surface area contributed by atoms with Gasteiger partial charge in [-0.05, 0) is 11.1 Å². The second kappa shape index (κ2) is 32.3.